The fourth-order valence-corrected chi connectivity index (χ4v) is 1.46. The summed E-state index contributed by atoms with van der Waals surface area (Å²) < 4.78 is 0. The molecule has 0 aromatic heterocycles. The average molecular weight is 191 g/mol. The minimum Gasteiger partial charge on any atom is -0.508 e. The molecule has 2 heteroatoms. The lowest BCUT2D eigenvalue weighted by Crippen LogP contribution is -2.10. The van der Waals surface area contributed by atoms with E-state index in [1.807, 2.05) is 26.0 Å². The molecule has 76 valence electrons. The second-order valence-corrected chi connectivity index (χ2v) is 3.83. The maximum atomic E-state index is 9.61. The van der Waals surface area contributed by atoms with Gasteiger partial charge in [0.2, 0.25) is 0 Å². The quantitative estimate of drug-likeness (QED) is 0.721. The van der Waals surface area contributed by atoms with Crippen LogP contribution in [0.1, 0.15) is 30.5 Å². The lowest BCUT2D eigenvalue weighted by Gasteiger charge is -2.14. The highest BCUT2D eigenvalue weighted by Gasteiger charge is 2.10. The second kappa shape index (κ2) is 4.29. The summed E-state index contributed by atoms with van der Waals surface area (Å²) in [5.41, 5.74) is 8.88. The zero-order valence-corrected chi connectivity index (χ0v) is 8.75. The Morgan fingerprint density at radius 3 is 2.79 bits per heavy atom. The first kappa shape index (κ1) is 10.8. The van der Waals surface area contributed by atoms with Crippen LogP contribution in [0.3, 0.4) is 0 Å². The van der Waals surface area contributed by atoms with Gasteiger partial charge in [-0.3, -0.25) is 0 Å². The molecular formula is C12H17NO. The van der Waals surface area contributed by atoms with Crippen LogP contribution < -0.4 is 5.73 Å². The molecule has 0 aliphatic rings. The third-order valence-electron chi connectivity index (χ3n) is 2.15. The van der Waals surface area contributed by atoms with Crippen molar-refractivity contribution in [2.75, 3.05) is 0 Å². The molecule has 14 heavy (non-hydrogen) atoms. The van der Waals surface area contributed by atoms with Gasteiger partial charge in [0.05, 0.1) is 0 Å². The van der Waals surface area contributed by atoms with Gasteiger partial charge < -0.3 is 10.8 Å². The van der Waals surface area contributed by atoms with Gasteiger partial charge in [-0.25, -0.2) is 0 Å². The van der Waals surface area contributed by atoms with Crippen molar-refractivity contribution in [1.82, 2.24) is 0 Å². The van der Waals surface area contributed by atoms with Gasteiger partial charge in [-0.1, -0.05) is 23.3 Å². The Morgan fingerprint density at radius 1 is 1.57 bits per heavy atom. The standard InChI is InChI=1S/C12H17NO/c1-8(2)6-11(13)10-7-9(3)4-5-12(10)14/h4-5,7,11,14H,1,6,13H2,2-3H3/t11-/m1/s1. The first-order valence-corrected chi connectivity index (χ1v) is 4.70. The van der Waals surface area contributed by atoms with Crippen LogP contribution in [-0.4, -0.2) is 5.11 Å². The Kier molecular flexibility index (Phi) is 3.31. The van der Waals surface area contributed by atoms with Crippen LogP contribution in [0.15, 0.2) is 30.4 Å². The van der Waals surface area contributed by atoms with E-state index in [0.717, 1.165) is 16.7 Å². The van der Waals surface area contributed by atoms with Gasteiger partial charge in [-0.05, 0) is 26.3 Å². The SMILES string of the molecule is C=C(C)C[C@@H](N)c1cc(C)ccc1O. The van der Waals surface area contributed by atoms with Crippen LogP contribution in [0.5, 0.6) is 5.75 Å². The maximum absolute atomic E-state index is 9.61. The first-order chi connectivity index (χ1) is 6.50. The van der Waals surface area contributed by atoms with Crippen LogP contribution in [0.25, 0.3) is 0 Å². The van der Waals surface area contributed by atoms with Crippen LogP contribution >= 0.6 is 0 Å². The molecular weight excluding hydrogens is 174 g/mol. The van der Waals surface area contributed by atoms with E-state index in [4.69, 9.17) is 5.73 Å². The number of benzene rings is 1. The van der Waals surface area contributed by atoms with Crippen molar-refractivity contribution in [1.29, 1.82) is 0 Å². The van der Waals surface area contributed by atoms with Crippen LogP contribution in [0.4, 0.5) is 0 Å². The molecule has 0 saturated carbocycles. The number of aryl methyl sites for hydroxylation is 1. The Bertz CT molecular complexity index is 344. The molecule has 1 rings (SSSR count). The van der Waals surface area contributed by atoms with Crippen LogP contribution in [-0.2, 0) is 0 Å². The molecule has 2 nitrogen and oxygen atoms in total. The summed E-state index contributed by atoms with van der Waals surface area (Å²) in [7, 11) is 0. The van der Waals surface area contributed by atoms with Crippen molar-refractivity contribution in [2.24, 2.45) is 5.73 Å². The van der Waals surface area contributed by atoms with Crippen molar-refractivity contribution in [2.45, 2.75) is 26.3 Å². The topological polar surface area (TPSA) is 46.2 Å². The number of rotatable bonds is 3. The predicted octanol–water partition coefficient (Wildman–Crippen LogP) is 2.67. The van der Waals surface area contributed by atoms with E-state index in [9.17, 15) is 5.11 Å². The molecule has 0 saturated heterocycles. The molecule has 1 aromatic carbocycles. The number of aromatic hydroxyl groups is 1. The lowest BCUT2D eigenvalue weighted by molar-refractivity contribution is 0.461. The summed E-state index contributed by atoms with van der Waals surface area (Å²) in [4.78, 5) is 0. The minimum atomic E-state index is -0.160. The normalized spacial score (nSPS) is 12.5. The van der Waals surface area contributed by atoms with Crippen molar-refractivity contribution < 1.29 is 5.11 Å². The van der Waals surface area contributed by atoms with Crippen molar-refractivity contribution in [3.05, 3.63) is 41.5 Å². The van der Waals surface area contributed by atoms with Crippen LogP contribution in [0, 0.1) is 6.92 Å². The van der Waals surface area contributed by atoms with Gasteiger partial charge in [0, 0.05) is 11.6 Å². The van der Waals surface area contributed by atoms with Crippen molar-refractivity contribution in [3.63, 3.8) is 0 Å². The molecule has 0 spiro atoms. The van der Waals surface area contributed by atoms with Gasteiger partial charge in [-0.15, -0.1) is 6.58 Å². The summed E-state index contributed by atoms with van der Waals surface area (Å²) in [6, 6.07) is 5.31. The Morgan fingerprint density at radius 2 is 2.21 bits per heavy atom. The fraction of sp³-hybridized carbons (Fsp3) is 0.333. The Hall–Kier alpha value is -1.28. The number of nitrogens with two attached hydrogens (primary N) is 1. The predicted molar refractivity (Wildman–Crippen MR) is 59.2 cm³/mol. The van der Waals surface area contributed by atoms with E-state index < -0.39 is 0 Å². The third kappa shape index (κ3) is 2.60. The van der Waals surface area contributed by atoms with E-state index in [-0.39, 0.29) is 11.8 Å². The van der Waals surface area contributed by atoms with E-state index in [0.29, 0.717) is 6.42 Å². The molecule has 0 amide bonds. The minimum absolute atomic E-state index is 0.160. The molecule has 0 aliphatic carbocycles. The Labute approximate surface area is 85.1 Å². The monoisotopic (exact) mass is 191 g/mol. The highest BCUT2D eigenvalue weighted by Crippen LogP contribution is 2.27. The third-order valence-corrected chi connectivity index (χ3v) is 2.15. The summed E-state index contributed by atoms with van der Waals surface area (Å²) in [6.07, 6.45) is 0.705. The number of phenolic OH excluding ortho intramolecular Hbond substituents is 1. The van der Waals surface area contributed by atoms with E-state index in [1.54, 1.807) is 6.07 Å². The average Bonchev–Trinajstić information content (AvgIpc) is 2.08. The van der Waals surface area contributed by atoms with E-state index in [1.165, 1.54) is 0 Å². The van der Waals surface area contributed by atoms with Gasteiger partial charge in [0.15, 0.2) is 0 Å². The summed E-state index contributed by atoms with van der Waals surface area (Å²) in [6.45, 7) is 7.73. The van der Waals surface area contributed by atoms with Gasteiger partial charge >= 0.3 is 0 Å². The fourth-order valence-electron chi connectivity index (χ4n) is 1.46. The van der Waals surface area contributed by atoms with Crippen molar-refractivity contribution >= 4 is 0 Å². The zero-order chi connectivity index (χ0) is 10.7. The molecule has 0 heterocycles. The number of hydrogen-bond donors (Lipinski definition) is 2. The lowest BCUT2D eigenvalue weighted by atomic mass is 9.99. The summed E-state index contributed by atoms with van der Waals surface area (Å²) >= 11 is 0. The highest BCUT2D eigenvalue weighted by molar-refractivity contribution is 5.38. The van der Waals surface area contributed by atoms with Gasteiger partial charge in [0.25, 0.3) is 0 Å². The smallest absolute Gasteiger partial charge is 0.120 e. The number of hydrogen-bond acceptors (Lipinski definition) is 2. The molecule has 3 N–H and O–H groups in total. The summed E-state index contributed by atoms with van der Waals surface area (Å²) in [5, 5.41) is 9.61. The van der Waals surface area contributed by atoms with Gasteiger partial charge in [-0.2, -0.15) is 0 Å². The molecule has 1 atom stereocenters. The molecule has 0 aliphatic heterocycles. The molecule has 0 fully saturated rings. The van der Waals surface area contributed by atoms with Crippen molar-refractivity contribution in [3.8, 4) is 5.75 Å². The zero-order valence-electron chi connectivity index (χ0n) is 8.75. The van der Waals surface area contributed by atoms with E-state index in [2.05, 4.69) is 6.58 Å². The molecule has 0 unspecified atom stereocenters. The highest BCUT2D eigenvalue weighted by atomic mass is 16.3. The molecule has 1 aromatic rings. The Balaban J connectivity index is 2.93. The largest absolute Gasteiger partial charge is 0.508 e. The number of phenols is 1. The molecule has 0 bridgehead atoms. The first-order valence-electron chi connectivity index (χ1n) is 4.70. The second-order valence-electron chi connectivity index (χ2n) is 3.83. The molecule has 0 radical (unpaired) electrons. The maximum Gasteiger partial charge on any atom is 0.120 e. The summed E-state index contributed by atoms with van der Waals surface area (Å²) in [5.74, 6) is 0.268. The van der Waals surface area contributed by atoms with Gasteiger partial charge in [0.1, 0.15) is 5.75 Å². The van der Waals surface area contributed by atoms with Crippen LogP contribution in [0.2, 0.25) is 0 Å². The van der Waals surface area contributed by atoms with E-state index >= 15 is 0 Å².